The van der Waals surface area contributed by atoms with Crippen molar-refractivity contribution >= 4 is 22.7 Å². The van der Waals surface area contributed by atoms with Crippen LogP contribution < -0.4 is 14.8 Å². The third kappa shape index (κ3) is 3.27. The molecule has 0 fully saturated rings. The summed E-state index contributed by atoms with van der Waals surface area (Å²) in [5.41, 5.74) is 3.14. The number of hydrogen-bond donors (Lipinski definition) is 1. The highest BCUT2D eigenvalue weighted by Gasteiger charge is 2.17. The highest BCUT2D eigenvalue weighted by molar-refractivity contribution is 6.08. The summed E-state index contributed by atoms with van der Waals surface area (Å²) >= 11 is 0. The molecule has 1 amide bonds. The van der Waals surface area contributed by atoms with E-state index in [9.17, 15) is 4.79 Å². The summed E-state index contributed by atoms with van der Waals surface area (Å²) in [5.74, 6) is 1.18. The predicted octanol–water partition coefficient (Wildman–Crippen LogP) is 4.76. The summed E-state index contributed by atoms with van der Waals surface area (Å²) in [4.78, 5) is 17.4. The van der Waals surface area contributed by atoms with Crippen LogP contribution >= 0.6 is 0 Å². The molecule has 1 aromatic heterocycles. The van der Waals surface area contributed by atoms with E-state index in [1.165, 1.54) is 7.11 Å². The number of para-hydroxylation sites is 3. The Morgan fingerprint density at radius 2 is 1.75 bits per heavy atom. The third-order valence-corrected chi connectivity index (χ3v) is 4.35. The van der Waals surface area contributed by atoms with Crippen LogP contribution in [0.1, 0.15) is 10.4 Å². The number of rotatable bonds is 5. The summed E-state index contributed by atoms with van der Waals surface area (Å²) in [6, 6.07) is 19.9. The molecule has 0 atom stereocenters. The van der Waals surface area contributed by atoms with Crippen LogP contribution in [-0.4, -0.2) is 25.1 Å². The molecule has 4 aromatic rings. The van der Waals surface area contributed by atoms with Crippen molar-refractivity contribution in [3.05, 3.63) is 72.3 Å². The molecule has 0 radical (unpaired) electrons. The molecule has 0 saturated carbocycles. The Bertz CT molecular complexity index is 1120. The van der Waals surface area contributed by atoms with Gasteiger partial charge in [-0.05, 0) is 36.4 Å². The average Bonchev–Trinajstić information content (AvgIpc) is 3.17. The lowest BCUT2D eigenvalue weighted by atomic mass is 10.1. The Hall–Kier alpha value is -3.80. The van der Waals surface area contributed by atoms with Gasteiger partial charge in [-0.3, -0.25) is 4.79 Å². The van der Waals surface area contributed by atoms with Crippen molar-refractivity contribution in [1.82, 2.24) is 4.98 Å². The maximum Gasteiger partial charge on any atom is 0.259 e. The van der Waals surface area contributed by atoms with Crippen molar-refractivity contribution < 1.29 is 18.7 Å². The van der Waals surface area contributed by atoms with E-state index in [1.54, 1.807) is 31.4 Å². The maximum atomic E-state index is 12.9. The van der Waals surface area contributed by atoms with Gasteiger partial charge in [0.05, 0.1) is 31.0 Å². The lowest BCUT2D eigenvalue weighted by molar-refractivity contribution is 0.102. The van der Waals surface area contributed by atoms with E-state index < -0.39 is 0 Å². The van der Waals surface area contributed by atoms with Crippen molar-refractivity contribution in [2.75, 3.05) is 19.5 Å². The van der Waals surface area contributed by atoms with Gasteiger partial charge in [-0.25, -0.2) is 4.98 Å². The highest BCUT2D eigenvalue weighted by Crippen LogP contribution is 2.31. The minimum absolute atomic E-state index is 0.303. The van der Waals surface area contributed by atoms with Gasteiger partial charge in [0.25, 0.3) is 5.91 Å². The Morgan fingerprint density at radius 1 is 0.964 bits per heavy atom. The molecule has 6 nitrogen and oxygen atoms in total. The number of amides is 1. The van der Waals surface area contributed by atoms with E-state index in [0.717, 1.165) is 5.52 Å². The molecule has 1 heterocycles. The van der Waals surface area contributed by atoms with Crippen LogP contribution in [0.5, 0.6) is 11.5 Å². The smallest absolute Gasteiger partial charge is 0.259 e. The molecular formula is C22H18N2O4. The number of carbonyl (C=O) groups excluding carboxylic acids is 1. The maximum absolute atomic E-state index is 12.9. The van der Waals surface area contributed by atoms with Gasteiger partial charge in [0.2, 0.25) is 5.89 Å². The number of anilines is 1. The van der Waals surface area contributed by atoms with Crippen molar-refractivity contribution in [3.63, 3.8) is 0 Å². The third-order valence-electron chi connectivity index (χ3n) is 4.35. The zero-order valence-electron chi connectivity index (χ0n) is 15.4. The largest absolute Gasteiger partial charge is 0.497 e. The molecular weight excluding hydrogens is 356 g/mol. The number of benzene rings is 3. The number of oxazole rings is 1. The quantitative estimate of drug-likeness (QED) is 0.545. The summed E-state index contributed by atoms with van der Waals surface area (Å²) in [5, 5.41) is 2.92. The van der Waals surface area contributed by atoms with Crippen LogP contribution in [0.2, 0.25) is 0 Å². The van der Waals surface area contributed by atoms with Gasteiger partial charge in [0, 0.05) is 6.07 Å². The molecule has 0 bridgehead atoms. The second-order valence-corrected chi connectivity index (χ2v) is 6.05. The van der Waals surface area contributed by atoms with E-state index in [0.29, 0.717) is 39.8 Å². The monoisotopic (exact) mass is 374 g/mol. The van der Waals surface area contributed by atoms with Crippen LogP contribution in [0.25, 0.3) is 22.6 Å². The number of carbonyl (C=O) groups is 1. The highest BCUT2D eigenvalue weighted by atomic mass is 16.5. The van der Waals surface area contributed by atoms with E-state index in [4.69, 9.17) is 13.9 Å². The second-order valence-electron chi connectivity index (χ2n) is 6.05. The van der Waals surface area contributed by atoms with E-state index in [2.05, 4.69) is 10.3 Å². The van der Waals surface area contributed by atoms with Crippen LogP contribution in [-0.2, 0) is 0 Å². The number of fused-ring (bicyclic) bond motifs is 1. The number of nitrogens with zero attached hydrogens (tertiary/aromatic N) is 1. The molecule has 1 N–H and O–H groups in total. The first-order valence-corrected chi connectivity index (χ1v) is 8.68. The number of nitrogens with one attached hydrogen (secondary N) is 1. The first-order chi connectivity index (χ1) is 13.7. The molecule has 28 heavy (non-hydrogen) atoms. The molecule has 3 aromatic carbocycles. The van der Waals surface area contributed by atoms with Crippen LogP contribution in [0.3, 0.4) is 0 Å². The number of aromatic nitrogens is 1. The van der Waals surface area contributed by atoms with Gasteiger partial charge in [-0.15, -0.1) is 0 Å². The van der Waals surface area contributed by atoms with Crippen molar-refractivity contribution in [1.29, 1.82) is 0 Å². The molecule has 6 heteroatoms. The average molecular weight is 374 g/mol. The van der Waals surface area contributed by atoms with Crippen LogP contribution in [0, 0.1) is 0 Å². The fourth-order valence-corrected chi connectivity index (χ4v) is 2.94. The van der Waals surface area contributed by atoms with Crippen molar-refractivity contribution in [2.45, 2.75) is 0 Å². The zero-order chi connectivity index (χ0) is 19.5. The summed E-state index contributed by atoms with van der Waals surface area (Å²) in [7, 11) is 3.07. The van der Waals surface area contributed by atoms with Gasteiger partial charge in [-0.1, -0.05) is 24.3 Å². The van der Waals surface area contributed by atoms with Gasteiger partial charge in [-0.2, -0.15) is 0 Å². The number of hydrogen-bond acceptors (Lipinski definition) is 5. The fourth-order valence-electron chi connectivity index (χ4n) is 2.94. The van der Waals surface area contributed by atoms with Crippen molar-refractivity contribution in [2.24, 2.45) is 0 Å². The van der Waals surface area contributed by atoms with Gasteiger partial charge in [0.1, 0.15) is 17.0 Å². The topological polar surface area (TPSA) is 73.6 Å². The van der Waals surface area contributed by atoms with E-state index >= 15 is 0 Å². The normalized spacial score (nSPS) is 10.6. The predicted molar refractivity (Wildman–Crippen MR) is 107 cm³/mol. The lowest BCUT2D eigenvalue weighted by Gasteiger charge is -2.12. The summed E-state index contributed by atoms with van der Waals surface area (Å²) in [6.07, 6.45) is 0. The number of ether oxygens (including phenoxy) is 2. The zero-order valence-corrected chi connectivity index (χ0v) is 15.4. The minimum Gasteiger partial charge on any atom is -0.497 e. The summed E-state index contributed by atoms with van der Waals surface area (Å²) < 4.78 is 16.4. The Labute approximate surface area is 161 Å². The Kier molecular flexibility index (Phi) is 4.68. The molecule has 0 aliphatic heterocycles. The number of methoxy groups -OCH3 is 2. The SMILES string of the molecule is COc1ccc(C(=O)Nc2ccccc2-c2nc3ccccc3o2)c(OC)c1. The summed E-state index contributed by atoms with van der Waals surface area (Å²) in [6.45, 7) is 0. The Balaban J connectivity index is 1.69. The van der Waals surface area contributed by atoms with Gasteiger partial charge in [0.15, 0.2) is 5.58 Å². The van der Waals surface area contributed by atoms with Gasteiger partial charge >= 0.3 is 0 Å². The van der Waals surface area contributed by atoms with E-state index in [1.807, 2.05) is 42.5 Å². The first kappa shape index (κ1) is 17.6. The lowest BCUT2D eigenvalue weighted by Crippen LogP contribution is -2.14. The molecule has 0 aliphatic carbocycles. The fraction of sp³-hybridized carbons (Fsp3) is 0.0909. The van der Waals surface area contributed by atoms with Gasteiger partial charge < -0.3 is 19.2 Å². The molecule has 0 unspecified atom stereocenters. The molecule has 140 valence electrons. The molecule has 4 rings (SSSR count). The van der Waals surface area contributed by atoms with Crippen LogP contribution in [0.15, 0.2) is 71.1 Å². The molecule has 0 spiro atoms. The first-order valence-electron chi connectivity index (χ1n) is 8.68. The van der Waals surface area contributed by atoms with E-state index in [-0.39, 0.29) is 5.91 Å². The molecule has 0 aliphatic rings. The van der Waals surface area contributed by atoms with Crippen molar-refractivity contribution in [3.8, 4) is 23.0 Å². The second kappa shape index (κ2) is 7.44. The minimum atomic E-state index is -0.303. The molecule has 0 saturated heterocycles. The van der Waals surface area contributed by atoms with Crippen LogP contribution in [0.4, 0.5) is 5.69 Å². The standard InChI is InChI=1S/C22H18N2O4/c1-26-14-11-12-16(20(13-14)27-2)21(25)23-17-8-4-3-7-15(17)22-24-18-9-5-6-10-19(18)28-22/h3-13H,1-2H3,(H,23,25). The Morgan fingerprint density at radius 3 is 2.54 bits per heavy atom.